The molecular weight excluding hydrogens is 293 g/mol. The van der Waals surface area contributed by atoms with Crippen LogP contribution in [0.1, 0.15) is 12.5 Å². The third-order valence-corrected chi connectivity index (χ3v) is 3.15. The minimum atomic E-state index is -1.06. The summed E-state index contributed by atoms with van der Waals surface area (Å²) in [6, 6.07) is 3.37. The van der Waals surface area contributed by atoms with E-state index in [1.54, 1.807) is 13.0 Å². The second-order valence-corrected chi connectivity index (χ2v) is 4.75. The summed E-state index contributed by atoms with van der Waals surface area (Å²) in [6.45, 7) is 2.62. The van der Waals surface area contributed by atoms with Crippen LogP contribution in [0.25, 0.3) is 0 Å². The summed E-state index contributed by atoms with van der Waals surface area (Å²) in [5.74, 6) is -3.43. The lowest BCUT2D eigenvalue weighted by molar-refractivity contribution is -0.143. The molecule has 116 valence electrons. The van der Waals surface area contributed by atoms with Gasteiger partial charge in [-0.3, -0.25) is 19.3 Å². The molecule has 0 saturated carbocycles. The Hall–Kier alpha value is -2.77. The summed E-state index contributed by atoms with van der Waals surface area (Å²) < 4.78 is 13.6. The molecule has 1 aromatic rings. The number of hydrogen-bond acceptors (Lipinski definition) is 4. The molecule has 0 aromatic heterocycles. The Morgan fingerprint density at radius 3 is 2.36 bits per heavy atom. The van der Waals surface area contributed by atoms with E-state index in [2.05, 4.69) is 5.32 Å². The lowest BCUT2D eigenvalue weighted by Gasteiger charge is -2.14. The number of likely N-dealkylation sites (N-methyl/N-ethyl adjacent to an activating group) is 1. The van der Waals surface area contributed by atoms with Crippen LogP contribution < -0.4 is 5.32 Å². The zero-order chi connectivity index (χ0) is 16.4. The fraction of sp³-hybridized carbons (Fsp3) is 0.286. The Bertz CT molecular complexity index is 674. The topological polar surface area (TPSA) is 86.8 Å². The Morgan fingerprint density at radius 2 is 1.82 bits per heavy atom. The molecule has 8 heteroatoms. The van der Waals surface area contributed by atoms with Gasteiger partial charge in [-0.2, -0.15) is 0 Å². The number of amides is 5. The van der Waals surface area contributed by atoms with E-state index in [0.29, 0.717) is 10.5 Å². The molecule has 1 aliphatic rings. The monoisotopic (exact) mass is 307 g/mol. The third kappa shape index (κ3) is 2.80. The predicted octanol–water partition coefficient (Wildman–Crippen LogP) is 0.883. The molecule has 0 spiro atoms. The minimum Gasteiger partial charge on any atom is -0.322 e. The predicted molar refractivity (Wildman–Crippen MR) is 74.3 cm³/mol. The summed E-state index contributed by atoms with van der Waals surface area (Å²) >= 11 is 0. The summed E-state index contributed by atoms with van der Waals surface area (Å²) in [4.78, 5) is 48.1. The van der Waals surface area contributed by atoms with Gasteiger partial charge in [0.25, 0.3) is 0 Å². The number of nitrogens with zero attached hydrogens (tertiary/aromatic N) is 2. The molecule has 0 bridgehead atoms. The Morgan fingerprint density at radius 1 is 1.18 bits per heavy atom. The van der Waals surface area contributed by atoms with Gasteiger partial charge >= 0.3 is 17.8 Å². The average molecular weight is 307 g/mol. The van der Waals surface area contributed by atoms with Crippen molar-refractivity contribution in [2.24, 2.45) is 0 Å². The molecule has 0 aliphatic carbocycles. The highest BCUT2D eigenvalue weighted by Crippen LogP contribution is 2.16. The van der Waals surface area contributed by atoms with Crippen LogP contribution in [0.5, 0.6) is 0 Å². The van der Waals surface area contributed by atoms with Gasteiger partial charge in [0.2, 0.25) is 5.91 Å². The molecule has 1 saturated heterocycles. The van der Waals surface area contributed by atoms with Gasteiger partial charge in [0.15, 0.2) is 0 Å². The van der Waals surface area contributed by atoms with Gasteiger partial charge in [-0.05, 0) is 31.5 Å². The fourth-order valence-electron chi connectivity index (χ4n) is 2.02. The molecule has 1 N–H and O–H groups in total. The second kappa shape index (κ2) is 5.92. The first-order chi connectivity index (χ1) is 10.3. The highest BCUT2D eigenvalue weighted by Gasteiger charge is 2.44. The molecule has 1 fully saturated rings. The smallest absolute Gasteiger partial charge is 0.322 e. The second-order valence-electron chi connectivity index (χ2n) is 4.75. The lowest BCUT2D eigenvalue weighted by Crippen LogP contribution is -2.39. The van der Waals surface area contributed by atoms with Crippen molar-refractivity contribution < 1.29 is 23.6 Å². The molecule has 7 nitrogen and oxygen atoms in total. The summed E-state index contributed by atoms with van der Waals surface area (Å²) in [6.07, 6.45) is 0. The number of imide groups is 2. The van der Waals surface area contributed by atoms with E-state index in [4.69, 9.17) is 0 Å². The van der Waals surface area contributed by atoms with Crippen LogP contribution in [0, 0.1) is 12.7 Å². The summed E-state index contributed by atoms with van der Waals surface area (Å²) in [5, 5.41) is 2.26. The van der Waals surface area contributed by atoms with Gasteiger partial charge in [-0.15, -0.1) is 0 Å². The van der Waals surface area contributed by atoms with E-state index >= 15 is 0 Å². The largest absolute Gasteiger partial charge is 0.334 e. The van der Waals surface area contributed by atoms with Crippen molar-refractivity contribution in [1.29, 1.82) is 0 Å². The molecule has 5 amide bonds. The van der Waals surface area contributed by atoms with Gasteiger partial charge < -0.3 is 5.32 Å². The highest BCUT2D eigenvalue weighted by atomic mass is 19.1. The van der Waals surface area contributed by atoms with Crippen LogP contribution in [0.2, 0.25) is 0 Å². The Labute approximate surface area is 125 Å². The standard InChI is InChI=1S/C14H14FN3O4/c1-3-17-12(20)13(21)18(14(17)22)7-11(19)16-10-5-4-8(2)6-9(10)15/h4-6H,3,7H2,1-2H3,(H,16,19). The zero-order valence-corrected chi connectivity index (χ0v) is 12.1. The van der Waals surface area contributed by atoms with Crippen molar-refractivity contribution in [3.8, 4) is 0 Å². The number of anilines is 1. The lowest BCUT2D eigenvalue weighted by atomic mass is 10.2. The third-order valence-electron chi connectivity index (χ3n) is 3.15. The van der Waals surface area contributed by atoms with Crippen molar-refractivity contribution in [3.05, 3.63) is 29.6 Å². The Balaban J connectivity index is 2.08. The average Bonchev–Trinajstić information content (AvgIpc) is 2.66. The molecule has 1 aromatic carbocycles. The maximum atomic E-state index is 13.6. The van der Waals surface area contributed by atoms with Gasteiger partial charge in [0.05, 0.1) is 5.69 Å². The van der Waals surface area contributed by atoms with E-state index in [-0.39, 0.29) is 12.2 Å². The van der Waals surface area contributed by atoms with Crippen LogP contribution in [0.3, 0.4) is 0 Å². The maximum Gasteiger partial charge on any atom is 0.334 e. The number of rotatable bonds is 4. The van der Waals surface area contributed by atoms with Crippen molar-refractivity contribution in [2.75, 3.05) is 18.4 Å². The first kappa shape index (κ1) is 15.6. The van der Waals surface area contributed by atoms with E-state index < -0.39 is 36.1 Å². The SMILES string of the molecule is CCN1C(=O)C(=O)N(CC(=O)Nc2ccc(C)cc2F)C1=O. The van der Waals surface area contributed by atoms with E-state index in [0.717, 1.165) is 4.90 Å². The highest BCUT2D eigenvalue weighted by molar-refractivity contribution is 6.45. The van der Waals surface area contributed by atoms with Gasteiger partial charge in [-0.1, -0.05) is 6.07 Å². The number of carbonyl (C=O) groups excluding carboxylic acids is 4. The van der Waals surface area contributed by atoms with Crippen LogP contribution in [0.15, 0.2) is 18.2 Å². The first-order valence-electron chi connectivity index (χ1n) is 6.58. The van der Waals surface area contributed by atoms with Crippen molar-refractivity contribution >= 4 is 29.4 Å². The normalized spacial score (nSPS) is 14.8. The number of aryl methyl sites for hydroxylation is 1. The first-order valence-corrected chi connectivity index (χ1v) is 6.58. The number of halogens is 1. The molecule has 0 radical (unpaired) electrons. The van der Waals surface area contributed by atoms with Crippen molar-refractivity contribution in [1.82, 2.24) is 9.80 Å². The fourth-order valence-corrected chi connectivity index (χ4v) is 2.02. The van der Waals surface area contributed by atoms with Crippen LogP contribution in [-0.4, -0.2) is 46.6 Å². The number of nitrogens with one attached hydrogen (secondary N) is 1. The van der Waals surface area contributed by atoms with Crippen LogP contribution in [-0.2, 0) is 14.4 Å². The molecule has 1 aliphatic heterocycles. The molecule has 2 rings (SSSR count). The van der Waals surface area contributed by atoms with Crippen molar-refractivity contribution in [2.45, 2.75) is 13.8 Å². The van der Waals surface area contributed by atoms with E-state index in [1.807, 2.05) is 0 Å². The number of carbonyl (C=O) groups is 4. The van der Waals surface area contributed by atoms with Crippen LogP contribution >= 0.6 is 0 Å². The van der Waals surface area contributed by atoms with Gasteiger partial charge in [-0.25, -0.2) is 14.1 Å². The Kier molecular flexibility index (Phi) is 4.20. The van der Waals surface area contributed by atoms with Crippen molar-refractivity contribution in [3.63, 3.8) is 0 Å². The molecule has 22 heavy (non-hydrogen) atoms. The molecule has 0 atom stereocenters. The summed E-state index contributed by atoms with van der Waals surface area (Å²) in [5.41, 5.74) is 0.623. The maximum absolute atomic E-state index is 13.6. The quantitative estimate of drug-likeness (QED) is 0.661. The molecule has 1 heterocycles. The summed E-state index contributed by atoms with van der Waals surface area (Å²) in [7, 11) is 0. The van der Waals surface area contributed by atoms with Gasteiger partial charge in [0, 0.05) is 6.54 Å². The van der Waals surface area contributed by atoms with E-state index in [1.165, 1.54) is 19.1 Å². The number of benzene rings is 1. The van der Waals surface area contributed by atoms with Crippen LogP contribution in [0.4, 0.5) is 14.9 Å². The molecule has 0 unspecified atom stereocenters. The molecular formula is C14H14FN3O4. The van der Waals surface area contributed by atoms with Gasteiger partial charge in [0.1, 0.15) is 12.4 Å². The zero-order valence-electron chi connectivity index (χ0n) is 12.1. The number of urea groups is 1. The van der Waals surface area contributed by atoms with E-state index in [9.17, 15) is 23.6 Å². The number of hydrogen-bond donors (Lipinski definition) is 1. The minimum absolute atomic E-state index is 0.0358.